The highest BCUT2D eigenvalue weighted by Crippen LogP contribution is 2.35. The molecule has 4 atom stereocenters. The van der Waals surface area contributed by atoms with Gasteiger partial charge in [-0.1, -0.05) is 18.2 Å². The summed E-state index contributed by atoms with van der Waals surface area (Å²) in [4.78, 5) is 11.8. The Morgan fingerprint density at radius 1 is 1.50 bits per heavy atom. The van der Waals surface area contributed by atoms with Crippen LogP contribution in [0.15, 0.2) is 23.8 Å². The summed E-state index contributed by atoms with van der Waals surface area (Å²) in [7, 11) is 0. The van der Waals surface area contributed by atoms with Gasteiger partial charge in [0.1, 0.15) is 6.10 Å². The van der Waals surface area contributed by atoms with Crippen LogP contribution in [0.25, 0.3) is 0 Å². The zero-order valence-electron chi connectivity index (χ0n) is 11.2. The Labute approximate surface area is 109 Å². The topological polar surface area (TPSA) is 46.5 Å². The van der Waals surface area contributed by atoms with Crippen molar-refractivity contribution in [2.45, 2.75) is 51.7 Å². The third-order valence-electron chi connectivity index (χ3n) is 4.21. The summed E-state index contributed by atoms with van der Waals surface area (Å²) in [5, 5.41) is 9.99. The average molecular weight is 250 g/mol. The van der Waals surface area contributed by atoms with Gasteiger partial charge >= 0.3 is 5.97 Å². The lowest BCUT2D eigenvalue weighted by Gasteiger charge is -2.23. The highest BCUT2D eigenvalue weighted by Gasteiger charge is 2.39. The minimum atomic E-state index is -0.430. The largest absolute Gasteiger partial charge is 0.461 e. The van der Waals surface area contributed by atoms with Crippen LogP contribution in [0.2, 0.25) is 0 Å². The van der Waals surface area contributed by atoms with Crippen molar-refractivity contribution < 1.29 is 14.6 Å². The predicted octanol–water partition coefficient (Wildman–Crippen LogP) is 2.60. The van der Waals surface area contributed by atoms with E-state index in [-0.39, 0.29) is 23.9 Å². The number of aliphatic hydroxyl groups excluding tert-OH is 1. The predicted molar refractivity (Wildman–Crippen MR) is 69.9 cm³/mol. The number of aliphatic hydroxyl groups is 1. The van der Waals surface area contributed by atoms with Crippen molar-refractivity contribution in [2.24, 2.45) is 11.8 Å². The van der Waals surface area contributed by atoms with Gasteiger partial charge in [0.05, 0.1) is 12.0 Å². The summed E-state index contributed by atoms with van der Waals surface area (Å²) in [5.74, 6) is 0.0367. The van der Waals surface area contributed by atoms with E-state index in [9.17, 15) is 9.90 Å². The van der Waals surface area contributed by atoms with Crippen molar-refractivity contribution in [3.05, 3.63) is 23.8 Å². The highest BCUT2D eigenvalue weighted by atomic mass is 16.6. The lowest BCUT2D eigenvalue weighted by molar-refractivity contribution is -0.145. The molecule has 1 N–H and O–H groups in total. The number of carbonyl (C=O) groups is 1. The zero-order chi connectivity index (χ0) is 13.3. The number of ether oxygens (including phenoxy) is 1. The summed E-state index contributed by atoms with van der Waals surface area (Å²) < 4.78 is 5.49. The second kappa shape index (κ2) is 5.27. The third kappa shape index (κ3) is 2.66. The van der Waals surface area contributed by atoms with Gasteiger partial charge in [0, 0.05) is 5.92 Å². The van der Waals surface area contributed by atoms with Crippen LogP contribution in [-0.2, 0) is 9.53 Å². The van der Waals surface area contributed by atoms with Crippen LogP contribution in [0.5, 0.6) is 0 Å². The molecule has 2 aliphatic rings. The second-order valence-corrected chi connectivity index (χ2v) is 5.64. The van der Waals surface area contributed by atoms with E-state index in [1.54, 1.807) is 0 Å². The fourth-order valence-corrected chi connectivity index (χ4v) is 2.86. The number of hydrogen-bond donors (Lipinski definition) is 1. The van der Waals surface area contributed by atoms with Gasteiger partial charge < -0.3 is 9.84 Å². The second-order valence-electron chi connectivity index (χ2n) is 5.64. The minimum Gasteiger partial charge on any atom is -0.461 e. The Morgan fingerprint density at radius 2 is 2.22 bits per heavy atom. The van der Waals surface area contributed by atoms with E-state index in [1.165, 1.54) is 0 Å². The molecule has 0 amide bonds. The van der Waals surface area contributed by atoms with Crippen LogP contribution in [-0.4, -0.2) is 23.3 Å². The van der Waals surface area contributed by atoms with Gasteiger partial charge in [-0.2, -0.15) is 0 Å². The van der Waals surface area contributed by atoms with Crippen LogP contribution in [0.1, 0.15) is 39.5 Å². The first kappa shape index (κ1) is 13.3. The van der Waals surface area contributed by atoms with Crippen molar-refractivity contribution in [1.29, 1.82) is 0 Å². The smallest absolute Gasteiger partial charge is 0.309 e. The van der Waals surface area contributed by atoms with Gasteiger partial charge in [0.15, 0.2) is 0 Å². The molecular formula is C15H22O3. The number of hydrogen-bond acceptors (Lipinski definition) is 3. The Kier molecular flexibility index (Phi) is 3.91. The molecule has 1 fully saturated rings. The maximum atomic E-state index is 11.8. The van der Waals surface area contributed by atoms with Gasteiger partial charge in [0.25, 0.3) is 0 Å². The lowest BCUT2D eigenvalue weighted by Crippen LogP contribution is -2.21. The Hall–Kier alpha value is -1.09. The molecule has 0 aromatic heterocycles. The third-order valence-corrected chi connectivity index (χ3v) is 4.21. The lowest BCUT2D eigenvalue weighted by atomic mass is 9.84. The molecule has 18 heavy (non-hydrogen) atoms. The molecular weight excluding hydrogens is 228 g/mol. The first-order valence-corrected chi connectivity index (χ1v) is 6.69. The van der Waals surface area contributed by atoms with Crippen molar-refractivity contribution in [3.63, 3.8) is 0 Å². The van der Waals surface area contributed by atoms with E-state index in [0.717, 1.165) is 24.0 Å². The molecule has 1 saturated heterocycles. The summed E-state index contributed by atoms with van der Waals surface area (Å²) in [6.45, 7) is 7.94. The first-order valence-electron chi connectivity index (χ1n) is 6.69. The Balaban J connectivity index is 2.24. The normalized spacial score (nSPS) is 36.8. The summed E-state index contributed by atoms with van der Waals surface area (Å²) in [6.07, 6.45) is 4.53. The number of fused-ring (bicyclic) bond motifs is 2. The fourth-order valence-electron chi connectivity index (χ4n) is 2.86. The van der Waals surface area contributed by atoms with Crippen molar-refractivity contribution in [3.8, 4) is 0 Å². The molecule has 100 valence electrons. The van der Waals surface area contributed by atoms with E-state index in [4.69, 9.17) is 4.74 Å². The van der Waals surface area contributed by atoms with Crippen molar-refractivity contribution in [2.75, 3.05) is 0 Å². The summed E-state index contributed by atoms with van der Waals surface area (Å²) >= 11 is 0. The van der Waals surface area contributed by atoms with Crippen LogP contribution < -0.4 is 0 Å². The molecule has 1 aliphatic carbocycles. The van der Waals surface area contributed by atoms with E-state index in [1.807, 2.05) is 13.8 Å². The van der Waals surface area contributed by atoms with Crippen LogP contribution in [0, 0.1) is 11.8 Å². The molecule has 0 saturated carbocycles. The number of esters is 1. The Bertz CT molecular complexity index is 383. The molecule has 1 aliphatic heterocycles. The van der Waals surface area contributed by atoms with E-state index >= 15 is 0 Å². The molecule has 0 spiro atoms. The maximum absolute atomic E-state index is 11.8. The maximum Gasteiger partial charge on any atom is 0.309 e. The van der Waals surface area contributed by atoms with Crippen LogP contribution >= 0.6 is 0 Å². The van der Waals surface area contributed by atoms with Gasteiger partial charge in [-0.3, -0.25) is 4.79 Å². The highest BCUT2D eigenvalue weighted by molar-refractivity contribution is 5.74. The molecule has 2 rings (SSSR count). The van der Waals surface area contributed by atoms with Gasteiger partial charge in [-0.05, 0) is 45.1 Å². The number of rotatable bonds is 1. The van der Waals surface area contributed by atoms with Gasteiger partial charge in [-0.25, -0.2) is 0 Å². The minimum absolute atomic E-state index is 0.0284. The molecule has 0 aromatic rings. The molecule has 1 heterocycles. The molecule has 3 nitrogen and oxygen atoms in total. The SMILES string of the molecule is C=C(C)[C@H]1CC=C(C)C(O)CCC2CC1OC2=O. The zero-order valence-corrected chi connectivity index (χ0v) is 11.2. The van der Waals surface area contributed by atoms with E-state index in [2.05, 4.69) is 12.7 Å². The number of allylic oxidation sites excluding steroid dienone is 1. The molecule has 3 heteroatoms. The van der Waals surface area contributed by atoms with E-state index < -0.39 is 6.10 Å². The van der Waals surface area contributed by atoms with Crippen molar-refractivity contribution in [1.82, 2.24) is 0 Å². The fraction of sp³-hybridized carbons (Fsp3) is 0.667. The molecule has 0 aromatic carbocycles. The molecule has 0 radical (unpaired) electrons. The molecule has 2 bridgehead atoms. The van der Waals surface area contributed by atoms with E-state index in [0.29, 0.717) is 12.8 Å². The average Bonchev–Trinajstić information content (AvgIpc) is 2.66. The quantitative estimate of drug-likeness (QED) is 0.575. The van der Waals surface area contributed by atoms with Crippen LogP contribution in [0.4, 0.5) is 0 Å². The van der Waals surface area contributed by atoms with Gasteiger partial charge in [0.2, 0.25) is 0 Å². The summed E-state index contributed by atoms with van der Waals surface area (Å²) in [6, 6.07) is 0. The first-order chi connectivity index (χ1) is 8.49. The summed E-state index contributed by atoms with van der Waals surface area (Å²) in [5.41, 5.74) is 2.04. The monoisotopic (exact) mass is 250 g/mol. The number of carbonyl (C=O) groups excluding carboxylic acids is 1. The molecule has 3 unspecified atom stereocenters. The van der Waals surface area contributed by atoms with Gasteiger partial charge in [-0.15, -0.1) is 0 Å². The van der Waals surface area contributed by atoms with Crippen LogP contribution in [0.3, 0.4) is 0 Å². The Morgan fingerprint density at radius 3 is 2.89 bits per heavy atom. The van der Waals surface area contributed by atoms with Crippen molar-refractivity contribution >= 4 is 5.97 Å². The standard InChI is InChI=1S/C15H22O3/c1-9(2)12-6-4-10(3)13(16)7-5-11-8-14(12)18-15(11)17/h4,11-14,16H,1,5-8H2,2-3H3/t11?,12-,13?,14?/m1/s1.